The molecule has 3 atom stereocenters. The number of hydrogen-bond acceptors (Lipinski definition) is 4. The van der Waals surface area contributed by atoms with Crippen molar-refractivity contribution in [1.29, 1.82) is 0 Å². The van der Waals surface area contributed by atoms with Crippen molar-refractivity contribution in [2.45, 2.75) is 51.9 Å². The van der Waals surface area contributed by atoms with Crippen LogP contribution >= 0.6 is 0 Å². The highest BCUT2D eigenvalue weighted by atomic mass is 16.3. The fraction of sp³-hybridized carbons (Fsp3) is 0.429. The zero-order valence-corrected chi connectivity index (χ0v) is 15.9. The van der Waals surface area contributed by atoms with Crippen LogP contribution in [0.5, 0.6) is 0 Å². The first-order valence-corrected chi connectivity index (χ1v) is 9.58. The predicted octanol–water partition coefficient (Wildman–Crippen LogP) is 2.61. The number of aliphatic hydroxyl groups excluding tert-OH is 1. The van der Waals surface area contributed by atoms with Crippen molar-refractivity contribution in [2.75, 3.05) is 0 Å². The Kier molecular flexibility index (Phi) is 5.09. The van der Waals surface area contributed by atoms with Gasteiger partial charge in [0, 0.05) is 43.3 Å². The highest BCUT2D eigenvalue weighted by molar-refractivity contribution is 5.36. The lowest BCUT2D eigenvalue weighted by molar-refractivity contribution is 0.145. The molecule has 4 rings (SSSR count). The van der Waals surface area contributed by atoms with Gasteiger partial charge in [-0.1, -0.05) is 12.1 Å². The molecule has 0 spiro atoms. The number of hydrogen-bond donors (Lipinski definition) is 2. The van der Waals surface area contributed by atoms with Crippen LogP contribution in [-0.4, -0.2) is 36.6 Å². The molecule has 27 heavy (non-hydrogen) atoms. The molecule has 2 heterocycles. The minimum absolute atomic E-state index is 0.125. The molecule has 142 valence electrons. The molecule has 2 N–H and O–H groups in total. The number of imidazole rings is 1. The molecule has 0 radical (unpaired) electrons. The van der Waals surface area contributed by atoms with Crippen LogP contribution in [-0.2, 0) is 13.1 Å². The van der Waals surface area contributed by atoms with E-state index in [4.69, 9.17) is 0 Å². The summed E-state index contributed by atoms with van der Waals surface area (Å²) in [6.07, 6.45) is 9.22. The topological polar surface area (TPSA) is 67.9 Å². The summed E-state index contributed by atoms with van der Waals surface area (Å²) < 4.78 is 4.03. The third-order valence-corrected chi connectivity index (χ3v) is 5.48. The van der Waals surface area contributed by atoms with Crippen molar-refractivity contribution < 1.29 is 5.11 Å². The number of aryl methyl sites for hydroxylation is 2. The second-order valence-electron chi connectivity index (χ2n) is 7.67. The molecule has 1 saturated carbocycles. The molecular formula is C21H27N5O. The average molecular weight is 365 g/mol. The van der Waals surface area contributed by atoms with E-state index in [1.165, 1.54) is 11.1 Å². The Morgan fingerprint density at radius 3 is 2.93 bits per heavy atom. The van der Waals surface area contributed by atoms with Gasteiger partial charge in [-0.05, 0) is 50.3 Å². The van der Waals surface area contributed by atoms with Gasteiger partial charge >= 0.3 is 0 Å². The van der Waals surface area contributed by atoms with Crippen LogP contribution in [0.15, 0.2) is 49.2 Å². The van der Waals surface area contributed by atoms with E-state index in [2.05, 4.69) is 57.4 Å². The predicted molar refractivity (Wildman–Crippen MR) is 105 cm³/mol. The number of benzene rings is 1. The Hall–Kier alpha value is -2.44. The lowest BCUT2D eigenvalue weighted by Crippen LogP contribution is -2.35. The summed E-state index contributed by atoms with van der Waals surface area (Å²) in [4.78, 5) is 4.10. The minimum atomic E-state index is -0.300. The zero-order valence-electron chi connectivity index (χ0n) is 15.9. The van der Waals surface area contributed by atoms with Crippen LogP contribution in [0.4, 0.5) is 0 Å². The van der Waals surface area contributed by atoms with Crippen LogP contribution < -0.4 is 5.32 Å². The highest BCUT2D eigenvalue weighted by Crippen LogP contribution is 2.28. The first kappa shape index (κ1) is 17.9. The summed E-state index contributed by atoms with van der Waals surface area (Å²) >= 11 is 0. The molecule has 0 saturated heterocycles. The fourth-order valence-electron chi connectivity index (χ4n) is 3.99. The van der Waals surface area contributed by atoms with E-state index in [1.807, 2.05) is 24.1 Å². The van der Waals surface area contributed by atoms with Gasteiger partial charge in [-0.3, -0.25) is 0 Å². The SMILES string of the molecule is Cc1cccc(-n2cc(CN[C@@H]3CC(Cn4ccnc4)C[C@H]3O)c(C)n2)c1. The summed E-state index contributed by atoms with van der Waals surface area (Å²) in [5, 5.41) is 18.6. The van der Waals surface area contributed by atoms with E-state index in [0.29, 0.717) is 5.92 Å². The third-order valence-electron chi connectivity index (χ3n) is 5.48. The van der Waals surface area contributed by atoms with Gasteiger partial charge < -0.3 is 15.0 Å². The quantitative estimate of drug-likeness (QED) is 0.705. The zero-order chi connectivity index (χ0) is 18.8. The van der Waals surface area contributed by atoms with Crippen LogP contribution in [0, 0.1) is 19.8 Å². The molecule has 0 bridgehead atoms. The molecule has 1 aliphatic rings. The van der Waals surface area contributed by atoms with Crippen molar-refractivity contribution in [2.24, 2.45) is 5.92 Å². The van der Waals surface area contributed by atoms with E-state index in [1.54, 1.807) is 6.20 Å². The van der Waals surface area contributed by atoms with Crippen molar-refractivity contribution in [1.82, 2.24) is 24.6 Å². The van der Waals surface area contributed by atoms with E-state index < -0.39 is 0 Å². The minimum Gasteiger partial charge on any atom is -0.391 e. The van der Waals surface area contributed by atoms with Crippen LogP contribution in [0.2, 0.25) is 0 Å². The maximum absolute atomic E-state index is 10.4. The second-order valence-corrected chi connectivity index (χ2v) is 7.67. The maximum Gasteiger partial charge on any atom is 0.0945 e. The Bertz CT molecular complexity index is 886. The Morgan fingerprint density at radius 2 is 2.15 bits per heavy atom. The molecule has 0 aliphatic heterocycles. The smallest absolute Gasteiger partial charge is 0.0945 e. The number of nitrogens with zero attached hydrogens (tertiary/aromatic N) is 4. The molecule has 1 aliphatic carbocycles. The molecule has 6 nitrogen and oxygen atoms in total. The van der Waals surface area contributed by atoms with Crippen molar-refractivity contribution in [3.63, 3.8) is 0 Å². The van der Waals surface area contributed by atoms with Crippen molar-refractivity contribution in [3.8, 4) is 5.69 Å². The lowest BCUT2D eigenvalue weighted by Gasteiger charge is -2.16. The van der Waals surface area contributed by atoms with E-state index in [-0.39, 0.29) is 12.1 Å². The molecule has 1 fully saturated rings. The van der Waals surface area contributed by atoms with Crippen molar-refractivity contribution in [3.05, 3.63) is 66.0 Å². The van der Waals surface area contributed by atoms with Gasteiger partial charge in [-0.2, -0.15) is 5.10 Å². The lowest BCUT2D eigenvalue weighted by atomic mass is 10.1. The highest BCUT2D eigenvalue weighted by Gasteiger charge is 2.32. The molecular weight excluding hydrogens is 338 g/mol. The summed E-state index contributed by atoms with van der Waals surface area (Å²) in [5.74, 6) is 0.475. The monoisotopic (exact) mass is 365 g/mol. The van der Waals surface area contributed by atoms with Gasteiger partial charge in [0.2, 0.25) is 0 Å². The van der Waals surface area contributed by atoms with Gasteiger partial charge in [0.15, 0.2) is 0 Å². The van der Waals surface area contributed by atoms with Gasteiger partial charge in [0.1, 0.15) is 0 Å². The van der Waals surface area contributed by atoms with Crippen molar-refractivity contribution >= 4 is 0 Å². The Morgan fingerprint density at radius 1 is 1.26 bits per heavy atom. The van der Waals surface area contributed by atoms with Crippen LogP contribution in [0.1, 0.15) is 29.7 Å². The fourth-order valence-corrected chi connectivity index (χ4v) is 3.99. The van der Waals surface area contributed by atoms with Gasteiger partial charge in [-0.25, -0.2) is 9.67 Å². The first-order valence-electron chi connectivity index (χ1n) is 9.58. The third kappa shape index (κ3) is 4.12. The summed E-state index contributed by atoms with van der Waals surface area (Å²) in [5.41, 5.74) is 4.48. The van der Waals surface area contributed by atoms with Gasteiger partial charge in [0.25, 0.3) is 0 Å². The molecule has 6 heteroatoms. The van der Waals surface area contributed by atoms with E-state index >= 15 is 0 Å². The summed E-state index contributed by atoms with van der Waals surface area (Å²) in [7, 11) is 0. The number of rotatable bonds is 6. The van der Waals surface area contributed by atoms with Crippen LogP contribution in [0.25, 0.3) is 5.69 Å². The Labute approximate surface area is 159 Å². The standard InChI is InChI=1S/C21H27N5O/c1-15-4-3-5-19(8-15)26-13-18(16(2)24-26)11-23-20-9-17(10-21(20)27)12-25-7-6-22-14-25/h3-8,13-14,17,20-21,23,27H,9-12H2,1-2H3/t17?,20-,21-/m1/s1. The normalized spacial score (nSPS) is 22.4. The van der Waals surface area contributed by atoms with Gasteiger partial charge in [0.05, 0.1) is 23.8 Å². The summed E-state index contributed by atoms with van der Waals surface area (Å²) in [6.45, 7) is 5.76. The Balaban J connectivity index is 1.37. The van der Waals surface area contributed by atoms with E-state index in [0.717, 1.165) is 37.3 Å². The molecule has 1 unspecified atom stereocenters. The number of nitrogens with one attached hydrogen (secondary N) is 1. The molecule has 0 amide bonds. The average Bonchev–Trinajstić information content (AvgIpc) is 3.35. The number of aromatic nitrogens is 4. The van der Waals surface area contributed by atoms with E-state index in [9.17, 15) is 5.11 Å². The van der Waals surface area contributed by atoms with Gasteiger partial charge in [-0.15, -0.1) is 0 Å². The molecule has 3 aromatic rings. The summed E-state index contributed by atoms with van der Waals surface area (Å²) in [6, 6.07) is 8.46. The molecule has 2 aromatic heterocycles. The largest absolute Gasteiger partial charge is 0.391 e. The molecule has 1 aromatic carbocycles. The number of aliphatic hydroxyl groups is 1. The second kappa shape index (κ2) is 7.66. The maximum atomic E-state index is 10.4. The van der Waals surface area contributed by atoms with Crippen LogP contribution in [0.3, 0.4) is 0 Å². The first-order chi connectivity index (χ1) is 13.1.